The first-order chi connectivity index (χ1) is 13.6. The molecule has 2 fully saturated rings. The van der Waals surface area contributed by atoms with E-state index in [0.29, 0.717) is 30.6 Å². The van der Waals surface area contributed by atoms with Gasteiger partial charge in [-0.1, -0.05) is 32.6 Å². The van der Waals surface area contributed by atoms with E-state index in [1.807, 2.05) is 0 Å². The van der Waals surface area contributed by atoms with Crippen molar-refractivity contribution >= 4 is 0 Å². The summed E-state index contributed by atoms with van der Waals surface area (Å²) in [5.74, 6) is -0.314. The number of rotatable bonds is 8. The Bertz CT molecular complexity index is 586. The molecular weight excluding hydrogens is 369 g/mol. The van der Waals surface area contributed by atoms with Crippen LogP contribution in [0, 0.1) is 29.4 Å². The molecule has 158 valence electrons. The lowest BCUT2D eigenvalue weighted by Crippen LogP contribution is -2.34. The van der Waals surface area contributed by atoms with Crippen LogP contribution in [0.2, 0.25) is 0 Å². The molecule has 0 N–H and O–H groups in total. The van der Waals surface area contributed by atoms with Gasteiger partial charge in [0.05, 0.1) is 26.5 Å². The maximum atomic E-state index is 14.2. The summed E-state index contributed by atoms with van der Waals surface area (Å²) in [6.45, 7) is 2.68. The van der Waals surface area contributed by atoms with Crippen molar-refractivity contribution in [2.75, 3.05) is 26.5 Å². The number of hydrogen-bond donors (Lipinski definition) is 0. The lowest BCUT2D eigenvalue weighted by atomic mass is 9.75. The molecule has 1 aliphatic heterocycles. The number of alkyl halides is 1. The lowest BCUT2D eigenvalue weighted by Gasteiger charge is -2.37. The molecule has 1 saturated carbocycles. The summed E-state index contributed by atoms with van der Waals surface area (Å²) in [5.41, 5.74) is 0.304. The van der Waals surface area contributed by atoms with Crippen molar-refractivity contribution in [2.24, 2.45) is 17.8 Å². The van der Waals surface area contributed by atoms with Gasteiger partial charge in [0.1, 0.15) is 0 Å². The van der Waals surface area contributed by atoms with E-state index in [4.69, 9.17) is 14.2 Å². The summed E-state index contributed by atoms with van der Waals surface area (Å²) < 4.78 is 57.1. The van der Waals surface area contributed by atoms with Gasteiger partial charge in [-0.15, -0.1) is 0 Å². The van der Waals surface area contributed by atoms with Gasteiger partial charge in [0.25, 0.3) is 0 Å². The van der Waals surface area contributed by atoms with E-state index in [2.05, 4.69) is 6.92 Å². The first-order valence-electron chi connectivity index (χ1n) is 10.5. The number of ether oxygens (including phenoxy) is 3. The maximum Gasteiger partial charge on any atom is 0.190 e. The van der Waals surface area contributed by atoms with Gasteiger partial charge in [-0.2, -0.15) is 0 Å². The van der Waals surface area contributed by atoms with Crippen LogP contribution >= 0.6 is 0 Å². The Morgan fingerprint density at radius 1 is 1.00 bits per heavy atom. The number of benzene rings is 1. The quantitative estimate of drug-likeness (QED) is 0.503. The molecule has 6 heteroatoms. The minimum Gasteiger partial charge on any atom is -0.488 e. The molecule has 0 spiro atoms. The maximum absolute atomic E-state index is 14.2. The molecule has 1 saturated heterocycles. The normalized spacial score (nSPS) is 28.3. The zero-order valence-corrected chi connectivity index (χ0v) is 16.6. The molecule has 3 nitrogen and oxygen atoms in total. The van der Waals surface area contributed by atoms with Gasteiger partial charge in [0.2, 0.25) is 0 Å². The molecular formula is C22H31F3O3. The summed E-state index contributed by atoms with van der Waals surface area (Å²) in [4.78, 5) is 0. The predicted molar refractivity (Wildman–Crippen MR) is 101 cm³/mol. The second kappa shape index (κ2) is 10.5. The number of hydrogen-bond acceptors (Lipinski definition) is 3. The van der Waals surface area contributed by atoms with Crippen molar-refractivity contribution in [1.82, 2.24) is 0 Å². The Balaban J connectivity index is 1.52. The van der Waals surface area contributed by atoms with E-state index < -0.39 is 30.3 Å². The molecule has 0 amide bonds. The van der Waals surface area contributed by atoms with Crippen molar-refractivity contribution in [3.05, 3.63) is 29.3 Å². The highest BCUT2D eigenvalue weighted by atomic mass is 19.1. The summed E-state index contributed by atoms with van der Waals surface area (Å²) >= 11 is 0. The van der Waals surface area contributed by atoms with E-state index in [9.17, 15) is 13.2 Å². The first-order valence-corrected chi connectivity index (χ1v) is 10.5. The third-order valence-corrected chi connectivity index (χ3v) is 6.00. The third kappa shape index (κ3) is 5.41. The Labute approximate surface area is 165 Å². The highest BCUT2D eigenvalue weighted by Crippen LogP contribution is 2.39. The van der Waals surface area contributed by atoms with Crippen LogP contribution < -0.4 is 4.74 Å². The minimum atomic E-state index is -0.822. The Morgan fingerprint density at radius 2 is 1.64 bits per heavy atom. The van der Waals surface area contributed by atoms with E-state index in [1.165, 1.54) is 50.7 Å². The predicted octanol–water partition coefficient (Wildman–Crippen LogP) is 5.97. The van der Waals surface area contributed by atoms with Crippen molar-refractivity contribution < 1.29 is 27.4 Å². The fraction of sp³-hybridized carbons (Fsp3) is 0.727. The Hall–Kier alpha value is -1.27. The van der Waals surface area contributed by atoms with Crippen LogP contribution in [0.1, 0.15) is 63.7 Å². The van der Waals surface area contributed by atoms with Crippen molar-refractivity contribution in [3.63, 3.8) is 0 Å². The molecule has 28 heavy (non-hydrogen) atoms. The zero-order chi connectivity index (χ0) is 19.9. The largest absolute Gasteiger partial charge is 0.488 e. The summed E-state index contributed by atoms with van der Waals surface area (Å²) in [5, 5.41) is 0. The van der Waals surface area contributed by atoms with Crippen molar-refractivity contribution in [3.8, 4) is 5.75 Å². The van der Waals surface area contributed by atoms with Gasteiger partial charge in [-0.25, -0.2) is 8.78 Å². The smallest absolute Gasteiger partial charge is 0.190 e. The van der Waals surface area contributed by atoms with Crippen LogP contribution in [0.25, 0.3) is 0 Å². The molecule has 1 aliphatic carbocycles. The molecule has 0 unspecified atom stereocenters. The SMILES string of the molecule is CCCC1CCC(C2COC(c3cc(F)c(OCCCF)c(F)c3)OC2)CC1. The molecule has 0 aromatic heterocycles. The summed E-state index contributed by atoms with van der Waals surface area (Å²) in [7, 11) is 0. The monoisotopic (exact) mass is 400 g/mol. The van der Waals surface area contributed by atoms with Gasteiger partial charge in [-0.05, 0) is 36.8 Å². The molecule has 2 aliphatic rings. The molecule has 1 aromatic rings. The third-order valence-electron chi connectivity index (χ3n) is 6.00. The van der Waals surface area contributed by atoms with Gasteiger partial charge in [-0.3, -0.25) is 4.39 Å². The Kier molecular flexibility index (Phi) is 8.03. The molecule has 1 heterocycles. The zero-order valence-electron chi connectivity index (χ0n) is 16.6. The van der Waals surface area contributed by atoms with Crippen molar-refractivity contribution in [1.29, 1.82) is 0 Å². The van der Waals surface area contributed by atoms with Crippen molar-refractivity contribution in [2.45, 2.75) is 58.2 Å². The standard InChI is InChI=1S/C22H31F3O3/c1-2-4-15-5-7-16(8-6-15)18-13-27-22(28-14-18)17-11-19(24)21(20(25)12-17)26-10-3-9-23/h11-12,15-16,18,22H,2-10,13-14H2,1H3. The number of halogens is 3. The van der Waals surface area contributed by atoms with Crippen LogP contribution in [0.5, 0.6) is 5.75 Å². The van der Waals surface area contributed by atoms with E-state index in [1.54, 1.807) is 0 Å². The second-order valence-corrected chi connectivity index (χ2v) is 8.03. The molecule has 0 bridgehead atoms. The first kappa shape index (κ1) is 21.4. The summed E-state index contributed by atoms with van der Waals surface area (Å²) in [6.07, 6.45) is 6.86. The molecule has 0 atom stereocenters. The highest BCUT2D eigenvalue weighted by molar-refractivity contribution is 5.32. The van der Waals surface area contributed by atoms with E-state index in [-0.39, 0.29) is 13.0 Å². The molecule has 0 radical (unpaired) electrons. The van der Waals surface area contributed by atoms with Crippen LogP contribution in [0.3, 0.4) is 0 Å². The average molecular weight is 400 g/mol. The van der Waals surface area contributed by atoms with Gasteiger partial charge < -0.3 is 14.2 Å². The van der Waals surface area contributed by atoms with Crippen LogP contribution in [-0.2, 0) is 9.47 Å². The summed E-state index contributed by atoms with van der Waals surface area (Å²) in [6, 6.07) is 2.35. The molecule has 3 rings (SSSR count). The average Bonchev–Trinajstić information content (AvgIpc) is 2.71. The topological polar surface area (TPSA) is 27.7 Å². The molecule has 1 aromatic carbocycles. The highest BCUT2D eigenvalue weighted by Gasteiger charge is 2.32. The van der Waals surface area contributed by atoms with Crippen LogP contribution in [0.15, 0.2) is 12.1 Å². The Morgan fingerprint density at radius 3 is 2.21 bits per heavy atom. The minimum absolute atomic E-state index is 0.0672. The second-order valence-electron chi connectivity index (χ2n) is 8.03. The van der Waals surface area contributed by atoms with Gasteiger partial charge >= 0.3 is 0 Å². The van der Waals surface area contributed by atoms with E-state index >= 15 is 0 Å². The fourth-order valence-corrected chi connectivity index (χ4v) is 4.42. The van der Waals surface area contributed by atoms with Gasteiger partial charge in [0.15, 0.2) is 23.7 Å². The van der Waals surface area contributed by atoms with E-state index in [0.717, 1.165) is 5.92 Å². The van der Waals surface area contributed by atoms with Crippen LogP contribution in [-0.4, -0.2) is 26.5 Å². The van der Waals surface area contributed by atoms with Crippen LogP contribution in [0.4, 0.5) is 13.2 Å². The lowest BCUT2D eigenvalue weighted by molar-refractivity contribution is -0.215. The van der Waals surface area contributed by atoms with Gasteiger partial charge in [0, 0.05) is 17.9 Å². The fourth-order valence-electron chi connectivity index (χ4n) is 4.42.